The zero-order valence-corrected chi connectivity index (χ0v) is 11.7. The summed E-state index contributed by atoms with van der Waals surface area (Å²) in [7, 11) is 0. The van der Waals surface area contributed by atoms with Gasteiger partial charge < -0.3 is 4.74 Å². The minimum Gasteiger partial charge on any atom is -0.448 e. The van der Waals surface area contributed by atoms with Gasteiger partial charge in [0.15, 0.2) is 4.51 Å². The molecule has 3 heteroatoms. The van der Waals surface area contributed by atoms with Crippen molar-refractivity contribution >= 4 is 21.9 Å². The number of alkyl halides is 1. The summed E-state index contributed by atoms with van der Waals surface area (Å²) in [5.41, 5.74) is 0. The fourth-order valence-electron chi connectivity index (χ4n) is 1.37. The van der Waals surface area contributed by atoms with E-state index in [1.165, 1.54) is 25.7 Å². The Hall–Kier alpha value is -0.0500. The lowest BCUT2D eigenvalue weighted by atomic mass is 10.1. The van der Waals surface area contributed by atoms with Crippen LogP contribution in [0.4, 0.5) is 0 Å². The maximum atomic E-state index is 11.3. The second-order valence-corrected chi connectivity index (χ2v) is 6.26. The molecule has 0 spiro atoms. The second-order valence-electron chi connectivity index (χ2n) is 4.36. The molecule has 0 saturated carbocycles. The van der Waals surface area contributed by atoms with E-state index in [2.05, 4.69) is 22.9 Å². The van der Waals surface area contributed by atoms with Crippen molar-refractivity contribution in [2.75, 3.05) is 0 Å². The zero-order chi connectivity index (χ0) is 11.7. The van der Waals surface area contributed by atoms with E-state index < -0.39 is 4.51 Å². The van der Waals surface area contributed by atoms with Crippen molar-refractivity contribution in [3.05, 3.63) is 0 Å². The second kappa shape index (κ2) is 8.14. The van der Waals surface area contributed by atoms with Crippen LogP contribution in [0.15, 0.2) is 0 Å². The number of carbonyl (C=O) groups is 1. The maximum absolute atomic E-state index is 11.3. The normalized spacial score (nSPS) is 11.5. The molecule has 0 aliphatic carbocycles. The first kappa shape index (κ1) is 14.9. The molecule has 0 aromatic carbocycles. The Bertz CT molecular complexity index is 173. The van der Waals surface area contributed by atoms with E-state index in [1.54, 1.807) is 0 Å². The highest BCUT2D eigenvalue weighted by molar-refractivity contribution is 9.10. The molecule has 0 aromatic rings. The van der Waals surface area contributed by atoms with E-state index in [0.29, 0.717) is 6.42 Å². The molecule has 15 heavy (non-hydrogen) atoms. The number of halogens is 1. The quantitative estimate of drug-likeness (QED) is 0.373. The number of esters is 1. The zero-order valence-electron chi connectivity index (χ0n) is 10.1. The summed E-state index contributed by atoms with van der Waals surface area (Å²) in [5.74, 6) is -0.104. The van der Waals surface area contributed by atoms with Gasteiger partial charge in [0.05, 0.1) is 0 Å². The first-order chi connectivity index (χ1) is 6.95. The van der Waals surface area contributed by atoms with Crippen molar-refractivity contribution in [3.8, 4) is 0 Å². The van der Waals surface area contributed by atoms with E-state index in [1.807, 2.05) is 13.8 Å². The van der Waals surface area contributed by atoms with Crippen molar-refractivity contribution in [1.82, 2.24) is 0 Å². The van der Waals surface area contributed by atoms with Gasteiger partial charge in [-0.1, -0.05) is 39.0 Å². The Morgan fingerprint density at radius 2 is 1.67 bits per heavy atom. The van der Waals surface area contributed by atoms with Crippen LogP contribution in [0.2, 0.25) is 0 Å². The standard InChI is InChI=1S/C12H23BrO2/c1-4-5-6-7-8-9-10-11(14)15-12(2,3)13/h4-10H2,1-3H3. The van der Waals surface area contributed by atoms with Crippen LogP contribution in [0, 0.1) is 0 Å². The minimum atomic E-state index is -0.522. The highest BCUT2D eigenvalue weighted by Gasteiger charge is 2.17. The van der Waals surface area contributed by atoms with Crippen LogP contribution in [0.1, 0.15) is 65.7 Å². The summed E-state index contributed by atoms with van der Waals surface area (Å²) in [4.78, 5) is 11.3. The molecule has 0 unspecified atom stereocenters. The Balaban J connectivity index is 3.32. The molecule has 0 saturated heterocycles. The third kappa shape index (κ3) is 11.9. The molecule has 0 heterocycles. The molecule has 0 aromatic heterocycles. The van der Waals surface area contributed by atoms with Crippen molar-refractivity contribution < 1.29 is 9.53 Å². The molecule has 0 fully saturated rings. The summed E-state index contributed by atoms with van der Waals surface area (Å²) in [5, 5.41) is 0. The first-order valence-corrected chi connectivity index (χ1v) is 6.66. The third-order valence-corrected chi connectivity index (χ3v) is 2.25. The maximum Gasteiger partial charge on any atom is 0.307 e. The molecule has 0 radical (unpaired) electrons. The van der Waals surface area contributed by atoms with E-state index >= 15 is 0 Å². The number of hydrogen-bond acceptors (Lipinski definition) is 2. The Morgan fingerprint density at radius 1 is 1.13 bits per heavy atom. The van der Waals surface area contributed by atoms with Gasteiger partial charge in [-0.05, 0) is 36.2 Å². The van der Waals surface area contributed by atoms with Crippen LogP contribution in [-0.4, -0.2) is 10.5 Å². The topological polar surface area (TPSA) is 26.3 Å². The first-order valence-electron chi connectivity index (χ1n) is 5.86. The molecule has 90 valence electrons. The highest BCUT2D eigenvalue weighted by Crippen LogP contribution is 2.18. The van der Waals surface area contributed by atoms with Crippen LogP contribution in [0.5, 0.6) is 0 Å². The van der Waals surface area contributed by atoms with E-state index in [-0.39, 0.29) is 5.97 Å². The van der Waals surface area contributed by atoms with Gasteiger partial charge in [0.25, 0.3) is 0 Å². The van der Waals surface area contributed by atoms with Gasteiger partial charge in [0, 0.05) is 6.42 Å². The lowest BCUT2D eigenvalue weighted by Gasteiger charge is -2.17. The van der Waals surface area contributed by atoms with Crippen molar-refractivity contribution in [1.29, 1.82) is 0 Å². The minimum absolute atomic E-state index is 0.104. The molecule has 0 N–H and O–H groups in total. The lowest BCUT2D eigenvalue weighted by molar-refractivity contribution is -0.149. The molecule has 0 aliphatic heterocycles. The average molecular weight is 279 g/mol. The van der Waals surface area contributed by atoms with Crippen LogP contribution < -0.4 is 0 Å². The summed E-state index contributed by atoms with van der Waals surface area (Å²) in [6, 6.07) is 0. The Labute approximate surface area is 102 Å². The fraction of sp³-hybridized carbons (Fsp3) is 0.917. The van der Waals surface area contributed by atoms with Gasteiger partial charge in [-0.3, -0.25) is 4.79 Å². The summed E-state index contributed by atoms with van der Waals surface area (Å²) in [6.45, 7) is 5.85. The van der Waals surface area contributed by atoms with Gasteiger partial charge in [0.2, 0.25) is 0 Å². The summed E-state index contributed by atoms with van der Waals surface area (Å²) >= 11 is 3.28. The van der Waals surface area contributed by atoms with Crippen molar-refractivity contribution in [2.45, 2.75) is 70.2 Å². The molecule has 0 bridgehead atoms. The summed E-state index contributed by atoms with van der Waals surface area (Å²) < 4.78 is 4.62. The predicted molar refractivity (Wildman–Crippen MR) is 67.1 cm³/mol. The largest absolute Gasteiger partial charge is 0.448 e. The number of ether oxygens (including phenoxy) is 1. The molecule has 0 rings (SSSR count). The number of unbranched alkanes of at least 4 members (excludes halogenated alkanes) is 5. The van der Waals surface area contributed by atoms with Gasteiger partial charge in [-0.15, -0.1) is 0 Å². The van der Waals surface area contributed by atoms with Gasteiger partial charge in [-0.25, -0.2) is 0 Å². The molecule has 0 aliphatic rings. The van der Waals surface area contributed by atoms with Crippen molar-refractivity contribution in [3.63, 3.8) is 0 Å². The molecule has 2 nitrogen and oxygen atoms in total. The highest BCUT2D eigenvalue weighted by atomic mass is 79.9. The van der Waals surface area contributed by atoms with Gasteiger partial charge in [-0.2, -0.15) is 0 Å². The number of rotatable bonds is 8. The molecule has 0 atom stereocenters. The summed E-state index contributed by atoms with van der Waals surface area (Å²) in [6.07, 6.45) is 7.72. The Morgan fingerprint density at radius 3 is 2.20 bits per heavy atom. The monoisotopic (exact) mass is 278 g/mol. The van der Waals surface area contributed by atoms with Crippen LogP contribution in [0.25, 0.3) is 0 Å². The number of carbonyl (C=O) groups excluding carboxylic acids is 1. The smallest absolute Gasteiger partial charge is 0.307 e. The SMILES string of the molecule is CCCCCCCCC(=O)OC(C)(C)Br. The Kier molecular flexibility index (Phi) is 8.12. The lowest BCUT2D eigenvalue weighted by Crippen LogP contribution is -2.20. The van der Waals surface area contributed by atoms with E-state index in [0.717, 1.165) is 12.8 Å². The molecular weight excluding hydrogens is 256 g/mol. The van der Waals surface area contributed by atoms with E-state index in [4.69, 9.17) is 4.74 Å². The fourth-order valence-corrected chi connectivity index (χ4v) is 1.55. The van der Waals surface area contributed by atoms with Crippen LogP contribution in [0.3, 0.4) is 0 Å². The molecule has 0 amide bonds. The van der Waals surface area contributed by atoms with Crippen LogP contribution in [-0.2, 0) is 9.53 Å². The predicted octanol–water partition coefficient (Wildman–Crippen LogP) is 4.41. The van der Waals surface area contributed by atoms with Gasteiger partial charge >= 0.3 is 5.97 Å². The average Bonchev–Trinajstić information content (AvgIpc) is 2.08. The van der Waals surface area contributed by atoms with Crippen LogP contribution >= 0.6 is 15.9 Å². The van der Waals surface area contributed by atoms with E-state index in [9.17, 15) is 4.79 Å². The van der Waals surface area contributed by atoms with Crippen molar-refractivity contribution in [2.24, 2.45) is 0 Å². The number of hydrogen-bond donors (Lipinski definition) is 0. The third-order valence-electron chi connectivity index (χ3n) is 2.09. The molecular formula is C12H23BrO2. The van der Waals surface area contributed by atoms with Gasteiger partial charge in [0.1, 0.15) is 0 Å².